The van der Waals surface area contributed by atoms with Crippen molar-refractivity contribution in [2.24, 2.45) is 0 Å². The molecule has 0 spiro atoms. The van der Waals surface area contributed by atoms with Gasteiger partial charge in [-0.05, 0) is 19.8 Å². The Kier molecular flexibility index (Phi) is 4.94. The molecule has 0 aliphatic carbocycles. The third kappa shape index (κ3) is 4.53. The zero-order valence-electron chi connectivity index (χ0n) is 10.0. The van der Waals surface area contributed by atoms with Crippen LogP contribution in [0.4, 0.5) is 0 Å². The van der Waals surface area contributed by atoms with Crippen LogP contribution in [0, 0.1) is 0 Å². The van der Waals surface area contributed by atoms with Crippen molar-refractivity contribution in [1.29, 1.82) is 0 Å². The Labute approximate surface area is 103 Å². The number of nitrogens with one attached hydrogen (secondary N) is 1. The quantitative estimate of drug-likeness (QED) is 0.737. The maximum Gasteiger partial charge on any atom is 0.214 e. The Hall–Kier alpha value is -0.180. The van der Waals surface area contributed by atoms with Crippen molar-refractivity contribution in [3.05, 3.63) is 0 Å². The molecule has 1 N–H and O–H groups in total. The van der Waals surface area contributed by atoms with Crippen molar-refractivity contribution < 1.29 is 21.6 Å². The van der Waals surface area contributed by atoms with Crippen molar-refractivity contribution in [2.75, 3.05) is 25.2 Å². The summed E-state index contributed by atoms with van der Waals surface area (Å²) in [7, 11) is -4.96. The van der Waals surface area contributed by atoms with Crippen LogP contribution in [-0.4, -0.2) is 53.3 Å². The lowest BCUT2D eigenvalue weighted by atomic mass is 10.2. The molecule has 0 aromatic rings. The summed E-state index contributed by atoms with van der Waals surface area (Å²) >= 11 is 0. The molecule has 1 fully saturated rings. The summed E-state index contributed by atoms with van der Waals surface area (Å²) in [5, 5.41) is -0.602. The summed E-state index contributed by atoms with van der Waals surface area (Å²) in [6, 6.07) is 0. The minimum absolute atomic E-state index is 0.0432. The van der Waals surface area contributed by atoms with Gasteiger partial charge in [-0.3, -0.25) is 0 Å². The average molecular weight is 285 g/mol. The van der Waals surface area contributed by atoms with E-state index < -0.39 is 25.1 Å². The molecule has 1 unspecified atom stereocenters. The Morgan fingerprint density at radius 2 is 1.88 bits per heavy atom. The first-order valence-corrected chi connectivity index (χ1v) is 8.85. The second-order valence-electron chi connectivity index (χ2n) is 4.29. The molecule has 0 aromatic carbocycles. The molecule has 1 aliphatic rings. The number of sulfonamides is 1. The topological polar surface area (TPSA) is 89.5 Å². The number of hydrogen-bond acceptors (Lipinski definition) is 5. The highest BCUT2D eigenvalue weighted by Crippen LogP contribution is 2.18. The predicted molar refractivity (Wildman–Crippen MR) is 65.1 cm³/mol. The fraction of sp³-hybridized carbons (Fsp3) is 1.00. The summed E-state index contributed by atoms with van der Waals surface area (Å²) in [5.74, 6) is -0.0865. The lowest BCUT2D eigenvalue weighted by Crippen LogP contribution is -2.42. The number of hydrogen-bond donors (Lipinski definition) is 1. The minimum atomic E-state index is -3.43. The van der Waals surface area contributed by atoms with Crippen molar-refractivity contribution in [1.82, 2.24) is 4.72 Å². The zero-order chi connectivity index (χ0) is 13.1. The summed E-state index contributed by atoms with van der Waals surface area (Å²) in [6.45, 7) is 1.97. The number of rotatable bonds is 5. The maximum atomic E-state index is 11.9. The molecule has 1 saturated heterocycles. The molecule has 0 radical (unpaired) electrons. The van der Waals surface area contributed by atoms with Gasteiger partial charge in [0.1, 0.15) is 9.84 Å². The van der Waals surface area contributed by atoms with Crippen LogP contribution >= 0.6 is 0 Å². The predicted octanol–water partition coefficient (Wildman–Crippen LogP) is -0.482. The third-order valence-electron chi connectivity index (χ3n) is 2.91. The Morgan fingerprint density at radius 1 is 1.35 bits per heavy atom. The van der Waals surface area contributed by atoms with Gasteiger partial charge in [0, 0.05) is 13.7 Å². The van der Waals surface area contributed by atoms with Crippen molar-refractivity contribution in [3.8, 4) is 0 Å². The average Bonchev–Trinajstić information content (AvgIpc) is 2.25. The molecule has 6 nitrogen and oxygen atoms in total. The molecule has 0 aromatic heterocycles. The zero-order valence-corrected chi connectivity index (χ0v) is 11.7. The largest absolute Gasteiger partial charge is 0.380 e. The molecular formula is C9H19NO5S2. The fourth-order valence-corrected chi connectivity index (χ4v) is 4.96. The Balaban J connectivity index is 2.55. The first-order valence-electron chi connectivity index (χ1n) is 5.48. The first kappa shape index (κ1) is 14.9. The first-order chi connectivity index (χ1) is 7.77. The van der Waals surface area contributed by atoms with E-state index in [1.165, 1.54) is 7.11 Å². The fourth-order valence-electron chi connectivity index (χ4n) is 1.61. The lowest BCUT2D eigenvalue weighted by Gasteiger charge is -2.23. The van der Waals surface area contributed by atoms with Crippen LogP contribution in [0.25, 0.3) is 0 Å². The van der Waals surface area contributed by atoms with Gasteiger partial charge in [0.25, 0.3) is 0 Å². The van der Waals surface area contributed by atoms with Crippen LogP contribution in [0.3, 0.4) is 0 Å². The van der Waals surface area contributed by atoms with Gasteiger partial charge in [-0.1, -0.05) is 0 Å². The lowest BCUT2D eigenvalue weighted by molar-refractivity contribution is 0.122. The molecule has 102 valence electrons. The van der Waals surface area contributed by atoms with Gasteiger partial charge in [-0.25, -0.2) is 21.6 Å². The summed E-state index contributed by atoms with van der Waals surface area (Å²) in [6.07, 6.45) is 0.162. The number of methoxy groups -OCH3 is 1. The molecular weight excluding hydrogens is 266 g/mol. The van der Waals surface area contributed by atoms with E-state index in [-0.39, 0.29) is 37.0 Å². The van der Waals surface area contributed by atoms with Crippen LogP contribution in [0.2, 0.25) is 0 Å². The highest BCUT2D eigenvalue weighted by Gasteiger charge is 2.32. The SMILES string of the molecule is COC(C)CNS(=O)(=O)C1CCS(=O)(=O)CC1. The summed E-state index contributed by atoms with van der Waals surface area (Å²) < 4.78 is 53.5. The second-order valence-corrected chi connectivity index (χ2v) is 8.64. The van der Waals surface area contributed by atoms with E-state index >= 15 is 0 Å². The van der Waals surface area contributed by atoms with Crippen LogP contribution in [0.5, 0.6) is 0 Å². The monoisotopic (exact) mass is 285 g/mol. The van der Waals surface area contributed by atoms with E-state index in [9.17, 15) is 16.8 Å². The normalized spacial score (nSPS) is 23.4. The summed E-state index contributed by atoms with van der Waals surface area (Å²) in [5.41, 5.74) is 0. The van der Waals surface area contributed by atoms with Gasteiger partial charge >= 0.3 is 0 Å². The molecule has 17 heavy (non-hydrogen) atoms. The van der Waals surface area contributed by atoms with Crippen LogP contribution < -0.4 is 4.72 Å². The smallest absolute Gasteiger partial charge is 0.214 e. The van der Waals surface area contributed by atoms with Crippen molar-refractivity contribution in [3.63, 3.8) is 0 Å². The van der Waals surface area contributed by atoms with E-state index in [4.69, 9.17) is 4.74 Å². The molecule has 1 heterocycles. The van der Waals surface area contributed by atoms with Crippen molar-refractivity contribution in [2.45, 2.75) is 31.1 Å². The highest BCUT2D eigenvalue weighted by molar-refractivity contribution is 7.92. The molecule has 1 rings (SSSR count). The van der Waals surface area contributed by atoms with Gasteiger partial charge in [-0.15, -0.1) is 0 Å². The molecule has 0 bridgehead atoms. The Bertz CT molecular complexity index is 428. The maximum absolute atomic E-state index is 11.9. The van der Waals surface area contributed by atoms with E-state index in [0.717, 1.165) is 0 Å². The van der Waals surface area contributed by atoms with Crippen LogP contribution in [0.15, 0.2) is 0 Å². The van der Waals surface area contributed by atoms with Gasteiger partial charge in [0.2, 0.25) is 10.0 Å². The number of ether oxygens (including phenoxy) is 1. The molecule has 1 atom stereocenters. The molecule has 0 amide bonds. The van der Waals surface area contributed by atoms with E-state index in [2.05, 4.69) is 4.72 Å². The van der Waals surface area contributed by atoms with Gasteiger partial charge in [0.05, 0.1) is 22.9 Å². The highest BCUT2D eigenvalue weighted by atomic mass is 32.2. The second kappa shape index (κ2) is 5.64. The molecule has 8 heteroatoms. The van der Waals surface area contributed by atoms with Gasteiger partial charge < -0.3 is 4.74 Å². The summed E-state index contributed by atoms with van der Waals surface area (Å²) in [4.78, 5) is 0. The minimum Gasteiger partial charge on any atom is -0.380 e. The molecule has 1 aliphatic heterocycles. The standard InChI is InChI=1S/C9H19NO5S2/c1-8(15-2)7-10-17(13,14)9-3-5-16(11,12)6-4-9/h8-10H,3-7H2,1-2H3. The van der Waals surface area contributed by atoms with E-state index in [0.29, 0.717) is 0 Å². The van der Waals surface area contributed by atoms with E-state index in [1.807, 2.05) is 0 Å². The van der Waals surface area contributed by atoms with Crippen LogP contribution in [0.1, 0.15) is 19.8 Å². The van der Waals surface area contributed by atoms with Crippen LogP contribution in [-0.2, 0) is 24.6 Å². The molecule has 0 saturated carbocycles. The van der Waals surface area contributed by atoms with E-state index in [1.54, 1.807) is 6.92 Å². The van der Waals surface area contributed by atoms with Crippen molar-refractivity contribution >= 4 is 19.9 Å². The third-order valence-corrected chi connectivity index (χ3v) is 6.55. The van der Waals surface area contributed by atoms with Gasteiger partial charge in [-0.2, -0.15) is 0 Å². The van der Waals surface area contributed by atoms with Gasteiger partial charge in [0.15, 0.2) is 0 Å². The Morgan fingerprint density at radius 3 is 2.35 bits per heavy atom. The number of sulfone groups is 1.